The van der Waals surface area contributed by atoms with Crippen molar-refractivity contribution in [2.45, 2.75) is 19.4 Å². The zero-order valence-electron chi connectivity index (χ0n) is 12.1. The summed E-state index contributed by atoms with van der Waals surface area (Å²) in [5, 5.41) is 5.68. The maximum atomic E-state index is 4.50. The van der Waals surface area contributed by atoms with E-state index in [2.05, 4.69) is 52.5 Å². The van der Waals surface area contributed by atoms with E-state index in [0.29, 0.717) is 0 Å². The van der Waals surface area contributed by atoms with Crippen molar-refractivity contribution in [1.82, 2.24) is 14.7 Å². The Morgan fingerprint density at radius 2 is 1.67 bits per heavy atom. The van der Waals surface area contributed by atoms with Crippen molar-refractivity contribution in [1.29, 1.82) is 0 Å². The molecule has 2 heterocycles. The molecule has 0 spiro atoms. The molecule has 106 valence electrons. The lowest BCUT2D eigenvalue weighted by atomic mass is 10.2. The fraction of sp³-hybridized carbons (Fsp3) is 0.278. The lowest BCUT2D eigenvalue weighted by molar-refractivity contribution is 0.331. The lowest BCUT2D eigenvalue weighted by Gasteiger charge is -2.14. The first-order valence-electron chi connectivity index (χ1n) is 7.65. The minimum absolute atomic E-state index is 1.07. The Morgan fingerprint density at radius 1 is 0.905 bits per heavy atom. The predicted octanol–water partition coefficient (Wildman–Crippen LogP) is 3.62. The van der Waals surface area contributed by atoms with Crippen LogP contribution in [0.4, 0.5) is 0 Å². The number of fused-ring (bicyclic) bond motifs is 1. The van der Waals surface area contributed by atoms with Crippen LogP contribution >= 0.6 is 0 Å². The minimum atomic E-state index is 1.07. The molecule has 4 rings (SSSR count). The summed E-state index contributed by atoms with van der Waals surface area (Å²) in [6.07, 6.45) is 4.61. The van der Waals surface area contributed by atoms with Crippen molar-refractivity contribution in [2.75, 3.05) is 13.1 Å². The van der Waals surface area contributed by atoms with Gasteiger partial charge in [-0.3, -0.25) is 4.90 Å². The highest BCUT2D eigenvalue weighted by molar-refractivity contribution is 5.80. The quantitative estimate of drug-likeness (QED) is 0.729. The van der Waals surface area contributed by atoms with Gasteiger partial charge in [-0.25, -0.2) is 4.68 Å². The molecule has 3 aromatic rings. The summed E-state index contributed by atoms with van der Waals surface area (Å²) in [7, 11) is 0. The van der Waals surface area contributed by atoms with Gasteiger partial charge in [-0.05, 0) is 49.7 Å². The maximum absolute atomic E-state index is 4.50. The van der Waals surface area contributed by atoms with Gasteiger partial charge in [0.25, 0.3) is 0 Å². The third-order valence-corrected chi connectivity index (χ3v) is 4.26. The molecular weight excluding hydrogens is 258 g/mol. The van der Waals surface area contributed by atoms with Crippen LogP contribution in [0.15, 0.2) is 54.7 Å². The summed E-state index contributed by atoms with van der Waals surface area (Å²) in [5.74, 6) is 0. The molecule has 3 nitrogen and oxygen atoms in total. The highest BCUT2D eigenvalue weighted by atomic mass is 15.3. The van der Waals surface area contributed by atoms with Gasteiger partial charge in [-0.1, -0.05) is 30.3 Å². The molecule has 0 aliphatic carbocycles. The molecule has 0 N–H and O–H groups in total. The molecule has 1 fully saturated rings. The number of hydrogen-bond acceptors (Lipinski definition) is 2. The van der Waals surface area contributed by atoms with Crippen molar-refractivity contribution >= 4 is 10.9 Å². The van der Waals surface area contributed by atoms with Crippen LogP contribution in [0.2, 0.25) is 0 Å². The van der Waals surface area contributed by atoms with Crippen LogP contribution < -0.4 is 0 Å². The van der Waals surface area contributed by atoms with E-state index in [4.69, 9.17) is 0 Å². The smallest absolute Gasteiger partial charge is 0.0741 e. The van der Waals surface area contributed by atoms with Gasteiger partial charge in [-0.2, -0.15) is 5.10 Å². The van der Waals surface area contributed by atoms with Crippen LogP contribution in [0.5, 0.6) is 0 Å². The molecule has 2 aromatic carbocycles. The minimum Gasteiger partial charge on any atom is -0.299 e. The monoisotopic (exact) mass is 277 g/mol. The van der Waals surface area contributed by atoms with E-state index in [1.54, 1.807) is 0 Å². The van der Waals surface area contributed by atoms with Crippen molar-refractivity contribution in [3.63, 3.8) is 0 Å². The van der Waals surface area contributed by atoms with Crippen LogP contribution in [0.3, 0.4) is 0 Å². The second-order valence-electron chi connectivity index (χ2n) is 5.76. The molecule has 0 saturated carbocycles. The van der Waals surface area contributed by atoms with E-state index in [-0.39, 0.29) is 0 Å². The number of hydrogen-bond donors (Lipinski definition) is 0. The van der Waals surface area contributed by atoms with Crippen LogP contribution in [0.25, 0.3) is 16.6 Å². The maximum Gasteiger partial charge on any atom is 0.0741 e. The van der Waals surface area contributed by atoms with Crippen molar-refractivity contribution in [3.8, 4) is 5.69 Å². The molecule has 21 heavy (non-hydrogen) atoms. The topological polar surface area (TPSA) is 21.1 Å². The lowest BCUT2D eigenvalue weighted by Crippen LogP contribution is -2.18. The SMILES string of the molecule is c1ccc2c(c1)cnn2-c1ccc(CN2CCCC2)cc1. The first-order chi connectivity index (χ1) is 10.4. The van der Waals surface area contributed by atoms with Crippen LogP contribution in [0.1, 0.15) is 18.4 Å². The zero-order chi connectivity index (χ0) is 14.1. The third-order valence-electron chi connectivity index (χ3n) is 4.26. The van der Waals surface area contributed by atoms with E-state index in [1.165, 1.54) is 36.9 Å². The van der Waals surface area contributed by atoms with Crippen LogP contribution in [-0.4, -0.2) is 27.8 Å². The number of benzene rings is 2. The zero-order valence-corrected chi connectivity index (χ0v) is 12.1. The van der Waals surface area contributed by atoms with Gasteiger partial charge in [0.1, 0.15) is 0 Å². The standard InChI is InChI=1S/C18H19N3/c1-2-6-18-16(5-1)13-19-21(18)17-9-7-15(8-10-17)14-20-11-3-4-12-20/h1-2,5-10,13H,3-4,11-12,14H2. The normalized spacial score (nSPS) is 15.8. The first-order valence-corrected chi connectivity index (χ1v) is 7.65. The fourth-order valence-corrected chi connectivity index (χ4v) is 3.12. The van der Waals surface area contributed by atoms with Gasteiger partial charge in [0.2, 0.25) is 0 Å². The average molecular weight is 277 g/mol. The summed E-state index contributed by atoms with van der Waals surface area (Å²) < 4.78 is 2.01. The van der Waals surface area contributed by atoms with E-state index >= 15 is 0 Å². The van der Waals surface area contributed by atoms with Crippen LogP contribution in [-0.2, 0) is 6.54 Å². The van der Waals surface area contributed by atoms with E-state index in [9.17, 15) is 0 Å². The largest absolute Gasteiger partial charge is 0.299 e. The predicted molar refractivity (Wildman–Crippen MR) is 85.6 cm³/mol. The number of likely N-dealkylation sites (tertiary alicyclic amines) is 1. The van der Waals surface area contributed by atoms with Crippen molar-refractivity contribution in [3.05, 3.63) is 60.3 Å². The molecule has 0 bridgehead atoms. The van der Waals surface area contributed by atoms with Crippen molar-refractivity contribution in [2.24, 2.45) is 0 Å². The van der Waals surface area contributed by atoms with E-state index in [0.717, 1.165) is 17.7 Å². The molecule has 0 atom stereocenters. The van der Waals surface area contributed by atoms with Crippen LogP contribution in [0, 0.1) is 0 Å². The second-order valence-corrected chi connectivity index (χ2v) is 5.76. The third kappa shape index (κ3) is 2.45. The fourth-order valence-electron chi connectivity index (χ4n) is 3.12. The Kier molecular flexibility index (Phi) is 3.20. The first kappa shape index (κ1) is 12.6. The number of rotatable bonds is 3. The molecule has 0 amide bonds. The summed E-state index contributed by atoms with van der Waals surface area (Å²) in [6.45, 7) is 3.55. The Bertz CT molecular complexity index is 737. The molecule has 1 aliphatic heterocycles. The summed E-state index contributed by atoms with van der Waals surface area (Å²) in [5.41, 5.74) is 3.67. The Balaban J connectivity index is 1.61. The number of nitrogens with zero attached hydrogens (tertiary/aromatic N) is 3. The second kappa shape index (κ2) is 5.34. The molecule has 3 heteroatoms. The highest BCUT2D eigenvalue weighted by Gasteiger charge is 2.11. The Morgan fingerprint density at radius 3 is 2.48 bits per heavy atom. The Labute approximate surface area is 124 Å². The summed E-state index contributed by atoms with van der Waals surface area (Å²) >= 11 is 0. The summed E-state index contributed by atoms with van der Waals surface area (Å²) in [6, 6.07) is 17.1. The van der Waals surface area contributed by atoms with E-state index < -0.39 is 0 Å². The molecule has 1 aliphatic rings. The molecular formula is C18H19N3. The molecule has 0 radical (unpaired) electrons. The molecule has 0 unspecified atom stereocenters. The van der Waals surface area contributed by atoms with Gasteiger partial charge >= 0.3 is 0 Å². The van der Waals surface area contributed by atoms with Gasteiger partial charge in [0.05, 0.1) is 17.4 Å². The Hall–Kier alpha value is -2.13. The molecule has 1 aromatic heterocycles. The number of para-hydroxylation sites is 1. The van der Waals surface area contributed by atoms with Gasteiger partial charge < -0.3 is 0 Å². The van der Waals surface area contributed by atoms with E-state index in [1.807, 2.05) is 16.9 Å². The van der Waals surface area contributed by atoms with Gasteiger partial charge in [0.15, 0.2) is 0 Å². The number of aromatic nitrogens is 2. The van der Waals surface area contributed by atoms with Gasteiger partial charge in [-0.15, -0.1) is 0 Å². The van der Waals surface area contributed by atoms with Gasteiger partial charge in [0, 0.05) is 11.9 Å². The highest BCUT2D eigenvalue weighted by Crippen LogP contribution is 2.19. The van der Waals surface area contributed by atoms with Crippen molar-refractivity contribution < 1.29 is 0 Å². The summed E-state index contributed by atoms with van der Waals surface area (Å²) in [4.78, 5) is 2.53. The molecule has 1 saturated heterocycles. The average Bonchev–Trinajstić information content (AvgIpc) is 3.17.